The molecule has 1 aromatic heterocycles. The number of phenols is 1. The van der Waals surface area contributed by atoms with E-state index in [1.807, 2.05) is 0 Å². The van der Waals surface area contributed by atoms with E-state index in [0.717, 1.165) is 5.39 Å². The molecule has 106 valence electrons. The Labute approximate surface area is 121 Å². The van der Waals surface area contributed by atoms with Gasteiger partial charge in [0.15, 0.2) is 0 Å². The molecule has 1 heterocycles. The monoisotopic (exact) mass is 300 g/mol. The lowest BCUT2D eigenvalue weighted by molar-refractivity contribution is 0.478. The van der Waals surface area contributed by atoms with E-state index in [2.05, 4.69) is 9.71 Å². The quantitative estimate of drug-likeness (QED) is 0.729. The first-order valence-electron chi connectivity index (χ1n) is 6.22. The highest BCUT2D eigenvalue weighted by Gasteiger charge is 2.18. The van der Waals surface area contributed by atoms with Gasteiger partial charge in [-0.05, 0) is 30.3 Å². The Balaban J connectivity index is 2.12. The Morgan fingerprint density at radius 1 is 0.952 bits per heavy atom. The number of fused-ring (bicyclic) bond motifs is 1. The molecule has 6 heteroatoms. The Morgan fingerprint density at radius 2 is 1.71 bits per heavy atom. The van der Waals surface area contributed by atoms with E-state index in [4.69, 9.17) is 0 Å². The largest absolute Gasteiger partial charge is 0.506 e. The van der Waals surface area contributed by atoms with Crippen LogP contribution in [0.5, 0.6) is 5.75 Å². The van der Waals surface area contributed by atoms with Crippen molar-refractivity contribution >= 4 is 26.6 Å². The van der Waals surface area contributed by atoms with E-state index in [1.165, 1.54) is 18.2 Å². The molecule has 0 unspecified atom stereocenters. The first kappa shape index (κ1) is 13.4. The van der Waals surface area contributed by atoms with Gasteiger partial charge in [0.2, 0.25) is 0 Å². The predicted octanol–water partition coefficient (Wildman–Crippen LogP) is 2.74. The Morgan fingerprint density at radius 3 is 2.48 bits per heavy atom. The number of anilines is 1. The van der Waals surface area contributed by atoms with E-state index < -0.39 is 10.0 Å². The van der Waals surface area contributed by atoms with Crippen LogP contribution in [0.15, 0.2) is 65.7 Å². The van der Waals surface area contributed by atoms with Crippen molar-refractivity contribution in [2.75, 3.05) is 4.72 Å². The van der Waals surface area contributed by atoms with Crippen LogP contribution in [0.4, 0.5) is 5.69 Å². The maximum absolute atomic E-state index is 12.3. The maximum Gasteiger partial charge on any atom is 0.262 e. The van der Waals surface area contributed by atoms with Crippen LogP contribution in [0.2, 0.25) is 0 Å². The standard InChI is InChI=1S/C15H12N2O3S/c18-13-9-8-11-5-4-10-16-14(11)15(13)17-21(19,20)12-6-2-1-3-7-12/h1-10,17-18H. The second kappa shape index (κ2) is 5.06. The molecular formula is C15H12N2O3S. The molecule has 0 radical (unpaired) electrons. The highest BCUT2D eigenvalue weighted by Crippen LogP contribution is 2.32. The summed E-state index contributed by atoms with van der Waals surface area (Å²) in [7, 11) is -3.78. The number of rotatable bonds is 3. The highest BCUT2D eigenvalue weighted by molar-refractivity contribution is 7.92. The van der Waals surface area contributed by atoms with Crippen LogP contribution in [-0.4, -0.2) is 18.5 Å². The molecule has 2 aromatic carbocycles. The minimum atomic E-state index is -3.78. The summed E-state index contributed by atoms with van der Waals surface area (Å²) >= 11 is 0. The third kappa shape index (κ3) is 2.53. The molecule has 0 aliphatic heterocycles. The summed E-state index contributed by atoms with van der Waals surface area (Å²) in [6.07, 6.45) is 1.54. The van der Waals surface area contributed by atoms with Crippen molar-refractivity contribution in [1.29, 1.82) is 0 Å². The summed E-state index contributed by atoms with van der Waals surface area (Å²) in [4.78, 5) is 4.26. The van der Waals surface area contributed by atoms with Gasteiger partial charge < -0.3 is 5.11 Å². The maximum atomic E-state index is 12.3. The molecule has 0 aliphatic rings. The lowest BCUT2D eigenvalue weighted by atomic mass is 10.2. The summed E-state index contributed by atoms with van der Waals surface area (Å²) < 4.78 is 27.1. The second-order valence-electron chi connectivity index (χ2n) is 4.45. The van der Waals surface area contributed by atoms with E-state index in [-0.39, 0.29) is 16.3 Å². The molecule has 0 saturated carbocycles. The molecule has 0 fully saturated rings. The normalized spacial score (nSPS) is 11.4. The van der Waals surface area contributed by atoms with Crippen molar-refractivity contribution in [3.63, 3.8) is 0 Å². The average Bonchev–Trinajstić information content (AvgIpc) is 2.51. The van der Waals surface area contributed by atoms with Crippen molar-refractivity contribution in [1.82, 2.24) is 4.98 Å². The van der Waals surface area contributed by atoms with E-state index in [9.17, 15) is 13.5 Å². The number of nitrogens with one attached hydrogen (secondary N) is 1. The van der Waals surface area contributed by atoms with Crippen LogP contribution in [-0.2, 0) is 10.0 Å². The molecule has 0 saturated heterocycles. The van der Waals surface area contributed by atoms with E-state index in [0.29, 0.717) is 5.52 Å². The fourth-order valence-corrected chi connectivity index (χ4v) is 3.13. The number of aromatic nitrogens is 1. The van der Waals surface area contributed by atoms with Crippen molar-refractivity contribution < 1.29 is 13.5 Å². The van der Waals surface area contributed by atoms with Gasteiger partial charge in [0.05, 0.1) is 10.4 Å². The van der Waals surface area contributed by atoms with Gasteiger partial charge in [-0.25, -0.2) is 8.42 Å². The summed E-state index contributed by atoms with van der Waals surface area (Å²) in [6, 6.07) is 14.6. The number of hydrogen-bond donors (Lipinski definition) is 2. The van der Waals surface area contributed by atoms with Crippen LogP contribution < -0.4 is 4.72 Å². The molecule has 2 N–H and O–H groups in total. The van der Waals surface area contributed by atoms with Crippen LogP contribution in [0.1, 0.15) is 0 Å². The molecule has 0 amide bonds. The number of pyridine rings is 1. The molecule has 3 aromatic rings. The second-order valence-corrected chi connectivity index (χ2v) is 6.14. The molecule has 0 aliphatic carbocycles. The number of benzene rings is 2. The number of hydrogen-bond acceptors (Lipinski definition) is 4. The van der Waals surface area contributed by atoms with Gasteiger partial charge in [-0.3, -0.25) is 9.71 Å². The summed E-state index contributed by atoms with van der Waals surface area (Å²) in [6.45, 7) is 0. The van der Waals surface area contributed by atoms with Crippen LogP contribution >= 0.6 is 0 Å². The van der Waals surface area contributed by atoms with Gasteiger partial charge in [0.25, 0.3) is 10.0 Å². The fourth-order valence-electron chi connectivity index (χ4n) is 2.03. The number of phenolic OH excluding ortho intramolecular Hbond substituents is 1. The first-order valence-corrected chi connectivity index (χ1v) is 7.71. The van der Waals surface area contributed by atoms with Gasteiger partial charge >= 0.3 is 0 Å². The van der Waals surface area contributed by atoms with Gasteiger partial charge in [0, 0.05) is 11.6 Å². The lowest BCUT2D eigenvalue weighted by Gasteiger charge is -2.11. The number of sulfonamides is 1. The number of aromatic hydroxyl groups is 1. The molecule has 21 heavy (non-hydrogen) atoms. The SMILES string of the molecule is O=S(=O)(Nc1c(O)ccc2cccnc12)c1ccccc1. The molecule has 5 nitrogen and oxygen atoms in total. The third-order valence-corrected chi connectivity index (χ3v) is 4.41. The topological polar surface area (TPSA) is 79.3 Å². The molecule has 0 bridgehead atoms. The summed E-state index contributed by atoms with van der Waals surface area (Å²) in [5.41, 5.74) is 0.481. The zero-order chi connectivity index (χ0) is 14.9. The minimum Gasteiger partial charge on any atom is -0.506 e. The predicted molar refractivity (Wildman–Crippen MR) is 80.7 cm³/mol. The highest BCUT2D eigenvalue weighted by atomic mass is 32.2. The Hall–Kier alpha value is -2.60. The smallest absolute Gasteiger partial charge is 0.262 e. The summed E-state index contributed by atoms with van der Waals surface area (Å²) in [5.74, 6) is -0.166. The van der Waals surface area contributed by atoms with Gasteiger partial charge in [-0.15, -0.1) is 0 Å². The Bertz CT molecular complexity index is 893. The van der Waals surface area contributed by atoms with Crippen LogP contribution in [0, 0.1) is 0 Å². The van der Waals surface area contributed by atoms with Crippen molar-refractivity contribution in [3.8, 4) is 5.75 Å². The Kier molecular flexibility index (Phi) is 3.23. The summed E-state index contributed by atoms with van der Waals surface area (Å²) in [5, 5.41) is 10.7. The molecule has 0 spiro atoms. The van der Waals surface area contributed by atoms with E-state index in [1.54, 1.807) is 42.6 Å². The fraction of sp³-hybridized carbons (Fsp3) is 0. The van der Waals surface area contributed by atoms with E-state index >= 15 is 0 Å². The average molecular weight is 300 g/mol. The van der Waals surface area contributed by atoms with Gasteiger partial charge in [-0.1, -0.05) is 24.3 Å². The van der Waals surface area contributed by atoms with Crippen molar-refractivity contribution in [3.05, 3.63) is 60.8 Å². The van der Waals surface area contributed by atoms with Crippen LogP contribution in [0.25, 0.3) is 10.9 Å². The number of nitrogens with zero attached hydrogens (tertiary/aromatic N) is 1. The van der Waals surface area contributed by atoms with Gasteiger partial charge in [-0.2, -0.15) is 0 Å². The first-order chi connectivity index (χ1) is 10.1. The zero-order valence-corrected chi connectivity index (χ0v) is 11.7. The third-order valence-electron chi connectivity index (χ3n) is 3.04. The van der Waals surface area contributed by atoms with Crippen LogP contribution in [0.3, 0.4) is 0 Å². The molecule has 0 atom stereocenters. The zero-order valence-electron chi connectivity index (χ0n) is 10.9. The molecular weight excluding hydrogens is 288 g/mol. The van der Waals surface area contributed by atoms with Crippen molar-refractivity contribution in [2.24, 2.45) is 0 Å². The minimum absolute atomic E-state index is 0.0805. The van der Waals surface area contributed by atoms with Gasteiger partial charge in [0.1, 0.15) is 11.4 Å². The lowest BCUT2D eigenvalue weighted by Crippen LogP contribution is -2.13. The molecule has 3 rings (SSSR count). The van der Waals surface area contributed by atoms with Crippen molar-refractivity contribution in [2.45, 2.75) is 4.90 Å².